The summed E-state index contributed by atoms with van der Waals surface area (Å²) in [6.45, 7) is 2.32. The molecule has 3 heteroatoms. The lowest BCUT2D eigenvalue weighted by molar-refractivity contribution is -0.118. The van der Waals surface area contributed by atoms with Crippen molar-refractivity contribution < 1.29 is 4.79 Å². The lowest BCUT2D eigenvalue weighted by Gasteiger charge is -2.02. The summed E-state index contributed by atoms with van der Waals surface area (Å²) in [5.41, 5.74) is 0. The topological polar surface area (TPSA) is 29.1 Å². The number of amides is 1. The molecule has 0 aliphatic rings. The van der Waals surface area contributed by atoms with Crippen LogP contribution >= 0.6 is 11.8 Å². The summed E-state index contributed by atoms with van der Waals surface area (Å²) in [6, 6.07) is 10.3. The van der Waals surface area contributed by atoms with Crippen LogP contribution in [0.15, 0.2) is 35.2 Å². The van der Waals surface area contributed by atoms with Crippen LogP contribution in [-0.4, -0.2) is 18.2 Å². The first-order valence-electron chi connectivity index (χ1n) is 4.71. The van der Waals surface area contributed by atoms with Crippen molar-refractivity contribution in [2.24, 2.45) is 0 Å². The van der Waals surface area contributed by atoms with Gasteiger partial charge in [0.05, 0.1) is 0 Å². The second-order valence-corrected chi connectivity index (χ2v) is 4.17. The Bertz CT molecular complexity index is 274. The number of benzene rings is 1. The highest BCUT2D eigenvalue weighted by Crippen LogP contribution is 2.17. The molecule has 1 N–H and O–H groups in total. The molecule has 0 aromatic heterocycles. The average Bonchev–Trinajstić information content (AvgIpc) is 2.18. The van der Waals surface area contributed by atoms with Crippen LogP contribution in [-0.2, 0) is 4.79 Å². The summed E-state index contributed by atoms with van der Waals surface area (Å²) < 4.78 is 0. The molecule has 1 amide bonds. The van der Waals surface area contributed by atoms with E-state index in [0.29, 0.717) is 0 Å². The van der Waals surface area contributed by atoms with Gasteiger partial charge in [-0.2, -0.15) is 0 Å². The SMILES string of the molecule is CC(=O)NCCCSc1ccccc1. The minimum Gasteiger partial charge on any atom is -0.356 e. The van der Waals surface area contributed by atoms with E-state index in [9.17, 15) is 4.79 Å². The Balaban J connectivity index is 2.08. The molecule has 0 unspecified atom stereocenters. The Labute approximate surface area is 89.1 Å². The van der Waals surface area contributed by atoms with Crippen LogP contribution in [0.1, 0.15) is 13.3 Å². The number of hydrogen-bond donors (Lipinski definition) is 1. The van der Waals surface area contributed by atoms with Gasteiger partial charge in [0, 0.05) is 18.4 Å². The van der Waals surface area contributed by atoms with Crippen molar-refractivity contribution in [1.29, 1.82) is 0 Å². The van der Waals surface area contributed by atoms with Crippen LogP contribution < -0.4 is 5.32 Å². The fourth-order valence-corrected chi connectivity index (χ4v) is 1.92. The maximum atomic E-state index is 10.6. The summed E-state index contributed by atoms with van der Waals surface area (Å²) in [7, 11) is 0. The van der Waals surface area contributed by atoms with Crippen molar-refractivity contribution in [2.75, 3.05) is 12.3 Å². The van der Waals surface area contributed by atoms with E-state index in [1.54, 1.807) is 6.92 Å². The quantitative estimate of drug-likeness (QED) is 0.595. The third-order valence-corrected chi connectivity index (χ3v) is 2.81. The molecule has 76 valence electrons. The number of carbonyl (C=O) groups excluding carboxylic acids is 1. The van der Waals surface area contributed by atoms with Gasteiger partial charge >= 0.3 is 0 Å². The van der Waals surface area contributed by atoms with Crippen LogP contribution in [0.3, 0.4) is 0 Å². The fraction of sp³-hybridized carbons (Fsp3) is 0.364. The molecule has 0 fully saturated rings. The van der Waals surface area contributed by atoms with Crippen LogP contribution in [0.4, 0.5) is 0 Å². The number of thioether (sulfide) groups is 1. The highest BCUT2D eigenvalue weighted by Gasteiger charge is 1.93. The molecule has 1 aromatic carbocycles. The molecule has 1 rings (SSSR count). The smallest absolute Gasteiger partial charge is 0.216 e. The van der Waals surface area contributed by atoms with E-state index in [1.807, 2.05) is 30.0 Å². The minimum atomic E-state index is 0.0507. The molecule has 0 bridgehead atoms. The van der Waals surface area contributed by atoms with Gasteiger partial charge in [-0.15, -0.1) is 11.8 Å². The Hall–Kier alpha value is -0.960. The van der Waals surface area contributed by atoms with E-state index < -0.39 is 0 Å². The summed E-state index contributed by atoms with van der Waals surface area (Å²) in [5.74, 6) is 1.10. The highest BCUT2D eigenvalue weighted by molar-refractivity contribution is 7.99. The molecule has 0 atom stereocenters. The van der Waals surface area contributed by atoms with Crippen molar-refractivity contribution in [3.8, 4) is 0 Å². The Kier molecular flexibility index (Phi) is 5.15. The van der Waals surface area contributed by atoms with E-state index in [2.05, 4.69) is 17.4 Å². The van der Waals surface area contributed by atoms with Crippen LogP contribution in [0.5, 0.6) is 0 Å². The van der Waals surface area contributed by atoms with Crippen LogP contribution in [0, 0.1) is 0 Å². The molecular formula is C11H15NOS. The van der Waals surface area contributed by atoms with Gasteiger partial charge in [0.1, 0.15) is 0 Å². The number of nitrogens with one attached hydrogen (secondary N) is 1. The average molecular weight is 209 g/mol. The first-order chi connectivity index (χ1) is 6.79. The predicted octanol–water partition coefficient (Wildman–Crippen LogP) is 2.30. The molecule has 0 spiro atoms. The van der Waals surface area contributed by atoms with Crippen molar-refractivity contribution in [3.63, 3.8) is 0 Å². The Morgan fingerprint density at radius 3 is 2.71 bits per heavy atom. The molecule has 0 radical (unpaired) electrons. The standard InChI is InChI=1S/C11H15NOS/c1-10(13)12-8-5-9-14-11-6-3-2-4-7-11/h2-4,6-7H,5,8-9H2,1H3,(H,12,13). The summed E-state index contributed by atoms with van der Waals surface area (Å²) >= 11 is 1.82. The fourth-order valence-electron chi connectivity index (χ4n) is 1.04. The summed E-state index contributed by atoms with van der Waals surface area (Å²) in [6.07, 6.45) is 1.01. The lowest BCUT2D eigenvalue weighted by Crippen LogP contribution is -2.21. The molecule has 0 saturated carbocycles. The zero-order valence-electron chi connectivity index (χ0n) is 8.32. The van der Waals surface area contributed by atoms with Gasteiger partial charge in [-0.1, -0.05) is 18.2 Å². The van der Waals surface area contributed by atoms with Crippen molar-refractivity contribution >= 4 is 17.7 Å². The second-order valence-electron chi connectivity index (χ2n) is 3.00. The second kappa shape index (κ2) is 6.49. The third-order valence-electron chi connectivity index (χ3n) is 1.71. The van der Waals surface area contributed by atoms with E-state index >= 15 is 0 Å². The van der Waals surface area contributed by atoms with E-state index in [-0.39, 0.29) is 5.91 Å². The van der Waals surface area contributed by atoms with Crippen LogP contribution in [0.25, 0.3) is 0 Å². The molecule has 0 aliphatic heterocycles. The molecule has 0 saturated heterocycles. The largest absolute Gasteiger partial charge is 0.356 e. The molecule has 0 heterocycles. The minimum absolute atomic E-state index is 0.0507. The van der Waals surface area contributed by atoms with Crippen molar-refractivity contribution in [3.05, 3.63) is 30.3 Å². The zero-order chi connectivity index (χ0) is 10.2. The maximum Gasteiger partial charge on any atom is 0.216 e. The molecular weight excluding hydrogens is 194 g/mol. The highest BCUT2D eigenvalue weighted by atomic mass is 32.2. The van der Waals surface area contributed by atoms with E-state index in [4.69, 9.17) is 0 Å². The van der Waals surface area contributed by atoms with Gasteiger partial charge in [-0.05, 0) is 24.3 Å². The monoisotopic (exact) mass is 209 g/mol. The first-order valence-corrected chi connectivity index (χ1v) is 5.70. The number of rotatable bonds is 5. The van der Waals surface area contributed by atoms with Gasteiger partial charge in [-0.3, -0.25) is 4.79 Å². The predicted molar refractivity (Wildman–Crippen MR) is 60.5 cm³/mol. The zero-order valence-corrected chi connectivity index (χ0v) is 9.14. The van der Waals surface area contributed by atoms with Crippen molar-refractivity contribution in [1.82, 2.24) is 5.32 Å². The molecule has 0 aliphatic carbocycles. The van der Waals surface area contributed by atoms with Gasteiger partial charge < -0.3 is 5.32 Å². The van der Waals surface area contributed by atoms with Crippen LogP contribution in [0.2, 0.25) is 0 Å². The lowest BCUT2D eigenvalue weighted by atomic mass is 10.4. The molecule has 2 nitrogen and oxygen atoms in total. The number of carbonyl (C=O) groups is 1. The molecule has 1 aromatic rings. The van der Waals surface area contributed by atoms with E-state index in [0.717, 1.165) is 18.7 Å². The molecule has 14 heavy (non-hydrogen) atoms. The third kappa shape index (κ3) is 4.92. The summed E-state index contributed by atoms with van der Waals surface area (Å²) in [4.78, 5) is 11.8. The van der Waals surface area contributed by atoms with Gasteiger partial charge in [0.2, 0.25) is 5.91 Å². The van der Waals surface area contributed by atoms with Gasteiger partial charge in [0.25, 0.3) is 0 Å². The van der Waals surface area contributed by atoms with E-state index in [1.165, 1.54) is 4.90 Å². The number of hydrogen-bond acceptors (Lipinski definition) is 2. The normalized spacial score (nSPS) is 9.79. The maximum absolute atomic E-state index is 10.6. The summed E-state index contributed by atoms with van der Waals surface area (Å²) in [5, 5.41) is 2.78. The van der Waals surface area contributed by atoms with Gasteiger partial charge in [0.15, 0.2) is 0 Å². The Morgan fingerprint density at radius 2 is 2.07 bits per heavy atom. The first kappa shape index (κ1) is 11.1. The van der Waals surface area contributed by atoms with Crippen molar-refractivity contribution in [2.45, 2.75) is 18.2 Å². The Morgan fingerprint density at radius 1 is 1.36 bits per heavy atom. The van der Waals surface area contributed by atoms with Gasteiger partial charge in [-0.25, -0.2) is 0 Å².